The van der Waals surface area contributed by atoms with E-state index in [1.54, 1.807) is 30.8 Å². The molecule has 0 aliphatic rings. The van der Waals surface area contributed by atoms with Crippen LogP contribution in [0, 0.1) is 0 Å². The van der Waals surface area contributed by atoms with Crippen molar-refractivity contribution in [3.05, 3.63) is 30.5 Å². The maximum Gasteiger partial charge on any atom is 0.0963 e. The summed E-state index contributed by atoms with van der Waals surface area (Å²) in [5.41, 5.74) is 0.887. The minimum Gasteiger partial charge on any atom is -0.138 e. The predicted molar refractivity (Wildman–Crippen MR) is 125 cm³/mol. The summed E-state index contributed by atoms with van der Waals surface area (Å²) in [6, 6.07) is 7.74. The van der Waals surface area contributed by atoms with Crippen LogP contribution < -0.4 is 0 Å². The van der Waals surface area contributed by atoms with Gasteiger partial charge in [-0.05, 0) is 11.3 Å². The largest absolute Gasteiger partial charge is 0.138 e. The summed E-state index contributed by atoms with van der Waals surface area (Å²) < 4.78 is 0. The number of benzene rings is 1. The van der Waals surface area contributed by atoms with E-state index in [0.717, 1.165) is 10.9 Å². The predicted octanol–water partition coefficient (Wildman–Crippen LogP) is 6.96. The van der Waals surface area contributed by atoms with Crippen LogP contribution in [0.25, 0.3) is 10.9 Å². The molecule has 4 heteroatoms. The molecule has 3 nitrogen and oxygen atoms in total. The summed E-state index contributed by atoms with van der Waals surface area (Å²) in [4.78, 5) is 0. The number of hydrogen-bond donors (Lipinski definition) is 0. The van der Waals surface area contributed by atoms with Crippen molar-refractivity contribution in [3.63, 3.8) is 0 Å². The van der Waals surface area contributed by atoms with Gasteiger partial charge in [-0.1, -0.05) is 18.2 Å². The van der Waals surface area contributed by atoms with Crippen LogP contribution in [0.2, 0.25) is 0 Å². The zero-order valence-corrected chi connectivity index (χ0v) is 19.2. The van der Waals surface area contributed by atoms with E-state index >= 15 is 0 Å². The molecule has 1 aromatic carbocycles. The molecule has 154 valence electrons. The molecule has 0 saturated carbocycles. The van der Waals surface area contributed by atoms with Crippen LogP contribution in [0.15, 0.2) is 30.5 Å². The van der Waals surface area contributed by atoms with Gasteiger partial charge in [0.2, 0.25) is 0 Å². The van der Waals surface area contributed by atoms with Gasteiger partial charge in [0.1, 0.15) is 0 Å². The van der Waals surface area contributed by atoms with Gasteiger partial charge in [0.25, 0.3) is 0 Å². The molecule has 0 unspecified atom stereocenters. The maximum absolute atomic E-state index is 3.82. The van der Waals surface area contributed by atoms with E-state index in [0.29, 0.717) is 0 Å². The van der Waals surface area contributed by atoms with Gasteiger partial charge in [-0.25, -0.2) is 0 Å². The molecule has 0 spiro atoms. The Labute approximate surface area is 168 Å². The van der Waals surface area contributed by atoms with Gasteiger partial charge in [-0.2, -0.15) is 0 Å². The molecule has 0 aliphatic carbocycles. The second-order valence-corrected chi connectivity index (χ2v) is 12.9. The third-order valence-electron chi connectivity index (χ3n) is 5.58. The Kier molecular flexibility index (Phi) is 13.2. The quantitative estimate of drug-likeness (QED) is 0.367. The molecule has 0 radical (unpaired) electrons. The molecule has 0 atom stereocenters. The Morgan fingerprint density at radius 3 is 1.63 bits per heavy atom. The smallest absolute Gasteiger partial charge is 0.0963 e. The molecule has 0 fully saturated rings. The second kappa shape index (κ2) is 14.9. The fraction of sp³-hybridized carbons (Fsp3) is 0.696. The Bertz CT molecular complexity index is 500. The number of nitrogens with zero attached hydrogens (tertiary/aromatic N) is 3. The van der Waals surface area contributed by atoms with Crippen LogP contribution >= 0.6 is 7.26 Å². The monoisotopic (exact) mass is 391 g/mol. The van der Waals surface area contributed by atoms with Gasteiger partial charge < -0.3 is 0 Å². The fourth-order valence-corrected chi connectivity index (χ4v) is 9.72. The third-order valence-corrected chi connectivity index (χ3v) is 11.2. The first-order valence-electron chi connectivity index (χ1n) is 11.2. The summed E-state index contributed by atoms with van der Waals surface area (Å²) in [6.07, 6.45) is 19.8. The minimum atomic E-state index is -0.879. The van der Waals surface area contributed by atoms with Gasteiger partial charge in [-0.15, -0.1) is 10.2 Å². The summed E-state index contributed by atoms with van der Waals surface area (Å²) in [5.74, 6) is 0. The standard InChI is InChI=1S/C16H37P.C7H5N3/c1-5-9-13-17(14-10-6-2,15-11-7-3)16-12-8-4;1-2-4-7-6(3-1)5-8-10-9-7/h17H,5-16H2,1-4H3;1-5H. The SMILES string of the molecule is CCCC[PH](CCCC)(CCCC)CCCC.c1ccc2nnncc2c1. The van der Waals surface area contributed by atoms with E-state index in [1.165, 1.54) is 51.4 Å². The maximum atomic E-state index is 3.82. The molecule has 0 N–H and O–H groups in total. The zero-order valence-electron chi connectivity index (χ0n) is 18.2. The van der Waals surface area contributed by atoms with E-state index in [1.807, 2.05) is 24.3 Å². The Morgan fingerprint density at radius 2 is 1.19 bits per heavy atom. The van der Waals surface area contributed by atoms with Crippen LogP contribution in [-0.4, -0.2) is 40.1 Å². The summed E-state index contributed by atoms with van der Waals surface area (Å²) in [7, 11) is -0.879. The second-order valence-electron chi connectivity index (χ2n) is 7.91. The Hall–Kier alpha value is -1.08. The average molecular weight is 392 g/mol. The first-order chi connectivity index (χ1) is 13.2. The van der Waals surface area contributed by atoms with E-state index in [4.69, 9.17) is 0 Å². The average Bonchev–Trinajstić information content (AvgIpc) is 2.73. The number of hydrogen-bond acceptors (Lipinski definition) is 3. The number of fused-ring (bicyclic) bond motifs is 1. The van der Waals surface area contributed by atoms with Gasteiger partial charge in [-0.3, -0.25) is 0 Å². The third kappa shape index (κ3) is 9.60. The summed E-state index contributed by atoms with van der Waals surface area (Å²) in [6.45, 7) is 9.44. The van der Waals surface area contributed by atoms with Crippen molar-refractivity contribution >= 4 is 18.2 Å². The van der Waals surface area contributed by atoms with E-state index in [2.05, 4.69) is 43.1 Å². The number of rotatable bonds is 12. The molecule has 0 amide bonds. The summed E-state index contributed by atoms with van der Waals surface area (Å²) in [5, 5.41) is 12.0. The van der Waals surface area contributed by atoms with Crippen molar-refractivity contribution in [1.82, 2.24) is 15.4 Å². The van der Waals surface area contributed by atoms with Crippen LogP contribution in [0.4, 0.5) is 0 Å². The Morgan fingerprint density at radius 1 is 0.704 bits per heavy atom. The molecule has 0 bridgehead atoms. The molecule has 1 heterocycles. The normalized spacial score (nSPS) is 11.9. The molecule has 2 rings (SSSR count). The van der Waals surface area contributed by atoms with Crippen LogP contribution in [0.1, 0.15) is 79.1 Å². The van der Waals surface area contributed by atoms with Crippen molar-refractivity contribution in [3.8, 4) is 0 Å². The van der Waals surface area contributed by atoms with E-state index < -0.39 is 7.26 Å². The number of unbranched alkanes of at least 4 members (excludes halogenated alkanes) is 4. The van der Waals surface area contributed by atoms with Gasteiger partial charge in [0.05, 0.1) is 11.7 Å². The van der Waals surface area contributed by atoms with E-state index in [9.17, 15) is 0 Å². The topological polar surface area (TPSA) is 38.7 Å². The first-order valence-corrected chi connectivity index (χ1v) is 14.1. The van der Waals surface area contributed by atoms with Crippen molar-refractivity contribution in [1.29, 1.82) is 0 Å². The van der Waals surface area contributed by atoms with Crippen molar-refractivity contribution in [2.75, 3.05) is 24.6 Å². The van der Waals surface area contributed by atoms with Crippen LogP contribution in [0.5, 0.6) is 0 Å². The van der Waals surface area contributed by atoms with Crippen molar-refractivity contribution in [2.24, 2.45) is 0 Å². The molecule has 0 saturated heterocycles. The van der Waals surface area contributed by atoms with E-state index in [-0.39, 0.29) is 0 Å². The molecule has 1 aromatic heterocycles. The summed E-state index contributed by atoms with van der Waals surface area (Å²) >= 11 is 0. The minimum absolute atomic E-state index is 0.879. The van der Waals surface area contributed by atoms with Crippen LogP contribution in [-0.2, 0) is 0 Å². The molecule has 0 aliphatic heterocycles. The molecular weight excluding hydrogens is 349 g/mol. The Balaban J connectivity index is 0.000000303. The number of aromatic nitrogens is 3. The van der Waals surface area contributed by atoms with Crippen molar-refractivity contribution < 1.29 is 0 Å². The first kappa shape index (κ1) is 24.0. The molecule has 27 heavy (non-hydrogen) atoms. The molecular formula is C23H42N3P. The fourth-order valence-electron chi connectivity index (χ4n) is 3.81. The molecule has 2 aromatic rings. The van der Waals surface area contributed by atoms with Gasteiger partial charge >= 0.3 is 111 Å². The van der Waals surface area contributed by atoms with Gasteiger partial charge in [0, 0.05) is 5.39 Å². The van der Waals surface area contributed by atoms with Gasteiger partial charge in [0.15, 0.2) is 0 Å². The van der Waals surface area contributed by atoms with Crippen molar-refractivity contribution in [2.45, 2.75) is 79.1 Å². The van der Waals surface area contributed by atoms with Crippen LogP contribution in [0.3, 0.4) is 0 Å². The zero-order chi connectivity index (χ0) is 19.8.